The summed E-state index contributed by atoms with van der Waals surface area (Å²) >= 11 is 11.8. The molecular formula is C14H13Cl2NO3S. The summed E-state index contributed by atoms with van der Waals surface area (Å²) in [5.74, 6) is 0.264. The number of aryl methyl sites for hydroxylation is 1. The fourth-order valence-corrected chi connectivity index (χ4v) is 3.39. The third kappa shape index (κ3) is 3.61. The topological polar surface area (TPSA) is 55.4 Å². The van der Waals surface area contributed by atoms with Crippen molar-refractivity contribution in [3.8, 4) is 5.75 Å². The van der Waals surface area contributed by atoms with Crippen molar-refractivity contribution in [2.24, 2.45) is 0 Å². The van der Waals surface area contributed by atoms with E-state index in [4.69, 9.17) is 27.9 Å². The lowest BCUT2D eigenvalue weighted by Crippen LogP contribution is -2.14. The number of anilines is 1. The molecule has 2 rings (SSSR count). The maximum absolute atomic E-state index is 12.5. The first-order valence-corrected chi connectivity index (χ1v) is 8.20. The highest BCUT2D eigenvalue weighted by Crippen LogP contribution is 2.30. The minimum absolute atomic E-state index is 0.0339. The standard InChI is InChI=1S/C14H13Cl2NO3S/c1-9-3-6-14(13(7-9)20-2)21(18,19)17-12-8-10(15)4-5-11(12)16/h3-8,17H,1-2H3. The Labute approximate surface area is 133 Å². The summed E-state index contributed by atoms with van der Waals surface area (Å²) in [6.07, 6.45) is 0. The second-order valence-corrected chi connectivity index (χ2v) is 6.88. The van der Waals surface area contributed by atoms with Gasteiger partial charge >= 0.3 is 0 Å². The predicted molar refractivity (Wildman–Crippen MR) is 85.0 cm³/mol. The van der Waals surface area contributed by atoms with Crippen LogP contribution in [0.25, 0.3) is 0 Å². The summed E-state index contributed by atoms with van der Waals surface area (Å²) in [7, 11) is -2.41. The van der Waals surface area contributed by atoms with E-state index < -0.39 is 10.0 Å². The van der Waals surface area contributed by atoms with Crippen LogP contribution in [0, 0.1) is 6.92 Å². The Balaban J connectivity index is 2.46. The number of methoxy groups -OCH3 is 1. The van der Waals surface area contributed by atoms with E-state index in [-0.39, 0.29) is 21.4 Å². The molecule has 2 aromatic carbocycles. The molecule has 21 heavy (non-hydrogen) atoms. The molecule has 0 amide bonds. The van der Waals surface area contributed by atoms with Crippen molar-refractivity contribution in [2.45, 2.75) is 11.8 Å². The smallest absolute Gasteiger partial charge is 0.265 e. The fraction of sp³-hybridized carbons (Fsp3) is 0.143. The minimum Gasteiger partial charge on any atom is -0.495 e. The molecule has 0 unspecified atom stereocenters. The van der Waals surface area contributed by atoms with Crippen LogP contribution in [0.4, 0.5) is 5.69 Å². The fourth-order valence-electron chi connectivity index (χ4n) is 1.77. The van der Waals surface area contributed by atoms with Gasteiger partial charge in [-0.25, -0.2) is 8.42 Å². The number of halogens is 2. The normalized spacial score (nSPS) is 11.2. The number of sulfonamides is 1. The van der Waals surface area contributed by atoms with Gasteiger partial charge in [0.05, 0.1) is 17.8 Å². The number of benzene rings is 2. The van der Waals surface area contributed by atoms with Crippen molar-refractivity contribution >= 4 is 38.9 Å². The Morgan fingerprint density at radius 3 is 2.48 bits per heavy atom. The lowest BCUT2D eigenvalue weighted by Gasteiger charge is -2.13. The first-order chi connectivity index (χ1) is 9.83. The van der Waals surface area contributed by atoms with E-state index in [0.29, 0.717) is 5.02 Å². The largest absolute Gasteiger partial charge is 0.495 e. The van der Waals surface area contributed by atoms with Crippen molar-refractivity contribution in [1.29, 1.82) is 0 Å². The molecule has 7 heteroatoms. The van der Waals surface area contributed by atoms with Gasteiger partial charge in [-0.15, -0.1) is 0 Å². The second-order valence-electron chi connectivity index (χ2n) is 4.38. The SMILES string of the molecule is COc1cc(C)ccc1S(=O)(=O)Nc1cc(Cl)ccc1Cl. The molecule has 0 fully saturated rings. The van der Waals surface area contributed by atoms with Gasteiger partial charge in [-0.1, -0.05) is 29.3 Å². The van der Waals surface area contributed by atoms with E-state index in [1.807, 2.05) is 6.92 Å². The van der Waals surface area contributed by atoms with Gasteiger partial charge in [0.1, 0.15) is 10.6 Å². The molecule has 0 heterocycles. The second kappa shape index (κ2) is 6.13. The van der Waals surface area contributed by atoms with Gasteiger partial charge in [0.15, 0.2) is 0 Å². The van der Waals surface area contributed by atoms with Crippen LogP contribution in [-0.4, -0.2) is 15.5 Å². The van der Waals surface area contributed by atoms with Gasteiger partial charge in [-0.05, 0) is 42.8 Å². The Bertz CT molecular complexity index is 776. The van der Waals surface area contributed by atoms with Crippen LogP contribution in [0.1, 0.15) is 5.56 Å². The molecule has 1 N–H and O–H groups in total. The van der Waals surface area contributed by atoms with Crippen molar-refractivity contribution in [1.82, 2.24) is 0 Å². The highest BCUT2D eigenvalue weighted by atomic mass is 35.5. The predicted octanol–water partition coefficient (Wildman–Crippen LogP) is 4.11. The molecule has 0 aliphatic rings. The number of rotatable bonds is 4. The van der Waals surface area contributed by atoms with E-state index in [1.54, 1.807) is 18.2 Å². The Hall–Kier alpha value is -1.43. The third-order valence-corrected chi connectivity index (χ3v) is 4.75. The number of hydrogen-bond acceptors (Lipinski definition) is 3. The molecule has 112 valence electrons. The van der Waals surface area contributed by atoms with Crippen LogP contribution in [-0.2, 0) is 10.0 Å². The van der Waals surface area contributed by atoms with Gasteiger partial charge in [-0.2, -0.15) is 0 Å². The van der Waals surface area contributed by atoms with Crippen molar-refractivity contribution < 1.29 is 13.2 Å². The molecule has 0 aliphatic carbocycles. The van der Waals surface area contributed by atoms with Gasteiger partial charge < -0.3 is 4.74 Å². The minimum atomic E-state index is -3.83. The van der Waals surface area contributed by atoms with Crippen LogP contribution < -0.4 is 9.46 Å². The summed E-state index contributed by atoms with van der Waals surface area (Å²) in [6, 6.07) is 9.37. The lowest BCUT2D eigenvalue weighted by molar-refractivity contribution is 0.402. The van der Waals surface area contributed by atoms with Crippen LogP contribution in [0.2, 0.25) is 10.0 Å². The van der Waals surface area contributed by atoms with E-state index >= 15 is 0 Å². The van der Waals surface area contributed by atoms with E-state index in [0.717, 1.165) is 5.56 Å². The van der Waals surface area contributed by atoms with Crippen molar-refractivity contribution in [3.63, 3.8) is 0 Å². The van der Waals surface area contributed by atoms with E-state index in [2.05, 4.69) is 4.72 Å². The molecule has 0 aliphatic heterocycles. The quantitative estimate of drug-likeness (QED) is 0.906. The highest BCUT2D eigenvalue weighted by molar-refractivity contribution is 7.92. The molecular weight excluding hydrogens is 333 g/mol. The highest BCUT2D eigenvalue weighted by Gasteiger charge is 2.20. The van der Waals surface area contributed by atoms with Crippen LogP contribution >= 0.6 is 23.2 Å². The zero-order valence-corrected chi connectivity index (χ0v) is 13.7. The van der Waals surface area contributed by atoms with Gasteiger partial charge in [0.2, 0.25) is 0 Å². The first kappa shape index (κ1) is 15.9. The molecule has 0 radical (unpaired) electrons. The molecule has 0 aromatic heterocycles. The zero-order valence-electron chi connectivity index (χ0n) is 11.4. The maximum atomic E-state index is 12.5. The monoisotopic (exact) mass is 345 g/mol. The summed E-state index contributed by atoms with van der Waals surface area (Å²) < 4.78 is 32.5. The molecule has 0 atom stereocenters. The summed E-state index contributed by atoms with van der Waals surface area (Å²) in [5.41, 5.74) is 1.11. The van der Waals surface area contributed by atoms with E-state index in [9.17, 15) is 8.42 Å². The van der Waals surface area contributed by atoms with Crippen molar-refractivity contribution in [2.75, 3.05) is 11.8 Å². The molecule has 4 nitrogen and oxygen atoms in total. The number of hydrogen-bond donors (Lipinski definition) is 1. The molecule has 0 saturated heterocycles. The van der Waals surface area contributed by atoms with Gasteiger partial charge in [0.25, 0.3) is 10.0 Å². The summed E-state index contributed by atoms with van der Waals surface area (Å²) in [5, 5.41) is 0.641. The van der Waals surface area contributed by atoms with E-state index in [1.165, 1.54) is 25.3 Å². The van der Waals surface area contributed by atoms with Crippen LogP contribution in [0.3, 0.4) is 0 Å². The Morgan fingerprint density at radius 1 is 1.10 bits per heavy atom. The lowest BCUT2D eigenvalue weighted by atomic mass is 10.2. The maximum Gasteiger partial charge on any atom is 0.265 e. The van der Waals surface area contributed by atoms with Crippen molar-refractivity contribution in [3.05, 3.63) is 52.0 Å². The third-order valence-electron chi connectivity index (χ3n) is 2.78. The van der Waals surface area contributed by atoms with Gasteiger partial charge in [0, 0.05) is 5.02 Å². The number of ether oxygens (including phenoxy) is 1. The van der Waals surface area contributed by atoms with Crippen LogP contribution in [0.15, 0.2) is 41.3 Å². The Kier molecular flexibility index (Phi) is 4.66. The molecule has 0 bridgehead atoms. The average Bonchev–Trinajstić information content (AvgIpc) is 2.42. The first-order valence-electron chi connectivity index (χ1n) is 5.96. The molecule has 2 aromatic rings. The summed E-state index contributed by atoms with van der Waals surface area (Å²) in [6.45, 7) is 1.85. The molecule has 0 saturated carbocycles. The van der Waals surface area contributed by atoms with Crippen LogP contribution in [0.5, 0.6) is 5.75 Å². The Morgan fingerprint density at radius 2 is 1.81 bits per heavy atom. The molecule has 0 spiro atoms. The zero-order chi connectivity index (χ0) is 15.6. The number of nitrogens with one attached hydrogen (secondary N) is 1. The summed E-state index contributed by atoms with van der Waals surface area (Å²) in [4.78, 5) is 0.0339. The van der Waals surface area contributed by atoms with Gasteiger partial charge in [-0.3, -0.25) is 4.72 Å². The average molecular weight is 346 g/mol.